The lowest BCUT2D eigenvalue weighted by Gasteiger charge is -2.40. The molecule has 7 heteroatoms. The van der Waals surface area contributed by atoms with E-state index in [2.05, 4.69) is 4.72 Å². The minimum Gasteiger partial charge on any atom is -0.481 e. The highest BCUT2D eigenvalue weighted by atomic mass is 32.2. The lowest BCUT2D eigenvalue weighted by atomic mass is 9.67. The smallest absolute Gasteiger partial charge is 0.303 e. The van der Waals surface area contributed by atoms with E-state index in [1.807, 2.05) is 6.07 Å². The van der Waals surface area contributed by atoms with Crippen LogP contribution in [0.2, 0.25) is 0 Å². The third-order valence-electron chi connectivity index (χ3n) is 3.87. The Kier molecular flexibility index (Phi) is 4.30. The van der Waals surface area contributed by atoms with E-state index in [1.54, 1.807) is 0 Å². The van der Waals surface area contributed by atoms with Crippen LogP contribution in [0.25, 0.3) is 0 Å². The molecule has 0 unspecified atom stereocenters. The van der Waals surface area contributed by atoms with Crippen LogP contribution in [0.15, 0.2) is 29.2 Å². The van der Waals surface area contributed by atoms with Gasteiger partial charge in [-0.15, -0.1) is 0 Å². The minimum absolute atomic E-state index is 0.0249. The molecule has 0 heterocycles. The molecule has 6 nitrogen and oxygen atoms in total. The summed E-state index contributed by atoms with van der Waals surface area (Å²) in [5.74, 6) is -0.910. The summed E-state index contributed by atoms with van der Waals surface area (Å²) in [6.45, 7) is 0.127. The van der Waals surface area contributed by atoms with Gasteiger partial charge >= 0.3 is 5.97 Å². The fourth-order valence-electron chi connectivity index (χ4n) is 2.45. The van der Waals surface area contributed by atoms with E-state index < -0.39 is 21.4 Å². The van der Waals surface area contributed by atoms with Gasteiger partial charge in [-0.25, -0.2) is 13.1 Å². The van der Waals surface area contributed by atoms with Gasteiger partial charge in [0.25, 0.3) is 0 Å². The number of sulfonamides is 1. The second-order valence-electron chi connectivity index (χ2n) is 5.38. The van der Waals surface area contributed by atoms with Crippen LogP contribution in [-0.2, 0) is 14.8 Å². The molecular weight excluding hydrogens is 292 g/mol. The van der Waals surface area contributed by atoms with Gasteiger partial charge in [-0.3, -0.25) is 4.79 Å². The Morgan fingerprint density at radius 1 is 1.33 bits per heavy atom. The highest BCUT2D eigenvalue weighted by Crippen LogP contribution is 2.43. The second kappa shape index (κ2) is 5.84. The molecule has 1 aliphatic carbocycles. The summed E-state index contributed by atoms with van der Waals surface area (Å²) in [7, 11) is -3.68. The van der Waals surface area contributed by atoms with E-state index in [-0.39, 0.29) is 17.9 Å². The van der Waals surface area contributed by atoms with E-state index in [4.69, 9.17) is 10.4 Å². The number of carboxylic acids is 1. The third kappa shape index (κ3) is 3.60. The van der Waals surface area contributed by atoms with Crippen LogP contribution in [0.3, 0.4) is 0 Å². The summed E-state index contributed by atoms with van der Waals surface area (Å²) in [5, 5.41) is 17.6. The fraction of sp³-hybridized carbons (Fsp3) is 0.429. The highest BCUT2D eigenvalue weighted by Gasteiger charge is 2.39. The predicted octanol–water partition coefficient (Wildman–Crippen LogP) is 1.48. The molecule has 21 heavy (non-hydrogen) atoms. The van der Waals surface area contributed by atoms with E-state index in [0.717, 1.165) is 19.3 Å². The van der Waals surface area contributed by atoms with Gasteiger partial charge in [0.05, 0.1) is 22.9 Å². The van der Waals surface area contributed by atoms with E-state index in [9.17, 15) is 13.2 Å². The molecule has 112 valence electrons. The molecule has 0 amide bonds. The van der Waals surface area contributed by atoms with Crippen molar-refractivity contribution in [1.82, 2.24) is 4.72 Å². The number of rotatable bonds is 6. The Balaban J connectivity index is 2.07. The van der Waals surface area contributed by atoms with Crippen molar-refractivity contribution in [3.63, 3.8) is 0 Å². The zero-order valence-corrected chi connectivity index (χ0v) is 12.2. The predicted molar refractivity (Wildman–Crippen MR) is 74.9 cm³/mol. The van der Waals surface area contributed by atoms with Gasteiger partial charge in [0.1, 0.15) is 0 Å². The van der Waals surface area contributed by atoms with Gasteiger partial charge < -0.3 is 5.11 Å². The molecular formula is C14H16N2O4S. The molecule has 1 aromatic carbocycles. The molecule has 1 saturated carbocycles. The maximum atomic E-state index is 12.2. The molecule has 2 N–H and O–H groups in total. The van der Waals surface area contributed by atoms with Crippen LogP contribution >= 0.6 is 0 Å². The first kappa shape index (κ1) is 15.5. The van der Waals surface area contributed by atoms with E-state index in [0.29, 0.717) is 5.56 Å². The lowest BCUT2D eigenvalue weighted by Crippen LogP contribution is -2.43. The topological polar surface area (TPSA) is 107 Å². The third-order valence-corrected chi connectivity index (χ3v) is 5.29. The van der Waals surface area contributed by atoms with Crippen LogP contribution in [0.5, 0.6) is 0 Å². The number of hydrogen-bond acceptors (Lipinski definition) is 4. The van der Waals surface area contributed by atoms with Crippen molar-refractivity contribution >= 4 is 16.0 Å². The van der Waals surface area contributed by atoms with Crippen LogP contribution in [-0.4, -0.2) is 26.0 Å². The molecule has 0 radical (unpaired) electrons. The molecule has 1 aromatic rings. The van der Waals surface area contributed by atoms with Crippen molar-refractivity contribution in [3.8, 4) is 6.07 Å². The van der Waals surface area contributed by atoms with Crippen molar-refractivity contribution in [1.29, 1.82) is 5.26 Å². The first-order valence-corrected chi connectivity index (χ1v) is 8.07. The van der Waals surface area contributed by atoms with Gasteiger partial charge in [-0.2, -0.15) is 5.26 Å². The van der Waals surface area contributed by atoms with Crippen molar-refractivity contribution in [2.24, 2.45) is 5.41 Å². The van der Waals surface area contributed by atoms with Gasteiger partial charge in [0, 0.05) is 6.54 Å². The number of nitriles is 1. The molecule has 1 fully saturated rings. The summed E-state index contributed by atoms with van der Waals surface area (Å²) in [6.07, 6.45) is 2.33. The monoisotopic (exact) mass is 308 g/mol. The number of nitrogens with zero attached hydrogens (tertiary/aromatic N) is 1. The quantitative estimate of drug-likeness (QED) is 0.827. The summed E-state index contributed by atoms with van der Waals surface area (Å²) >= 11 is 0. The van der Waals surface area contributed by atoms with Crippen molar-refractivity contribution in [2.75, 3.05) is 6.54 Å². The fourth-order valence-corrected chi connectivity index (χ4v) is 3.61. The number of nitrogens with one attached hydrogen (secondary N) is 1. The Morgan fingerprint density at radius 2 is 1.95 bits per heavy atom. The van der Waals surface area contributed by atoms with Crippen molar-refractivity contribution < 1.29 is 18.3 Å². The number of carboxylic acid groups (broad SMARTS) is 1. The lowest BCUT2D eigenvalue weighted by molar-refractivity contribution is -0.141. The molecule has 0 aliphatic heterocycles. The first-order valence-electron chi connectivity index (χ1n) is 6.59. The van der Waals surface area contributed by atoms with Crippen molar-refractivity contribution in [2.45, 2.75) is 30.6 Å². The molecule has 1 aliphatic rings. The first-order chi connectivity index (χ1) is 9.87. The van der Waals surface area contributed by atoms with Crippen LogP contribution < -0.4 is 4.72 Å². The van der Waals surface area contributed by atoms with Crippen molar-refractivity contribution in [3.05, 3.63) is 29.8 Å². The SMILES string of the molecule is N#Cc1ccc(S(=O)(=O)NCC2(CC(=O)O)CCC2)cc1. The molecule has 0 spiro atoms. The van der Waals surface area contributed by atoms with Gasteiger partial charge in [-0.1, -0.05) is 6.42 Å². The molecule has 0 saturated heterocycles. The minimum atomic E-state index is -3.68. The Hall–Kier alpha value is -1.91. The normalized spacial score (nSPS) is 16.7. The average Bonchev–Trinajstić information content (AvgIpc) is 2.41. The van der Waals surface area contributed by atoms with Crippen LogP contribution in [0.4, 0.5) is 0 Å². The molecule has 0 bridgehead atoms. The maximum absolute atomic E-state index is 12.2. The van der Waals surface area contributed by atoms with Crippen LogP contribution in [0, 0.1) is 16.7 Å². The Bertz CT molecular complexity index is 670. The Morgan fingerprint density at radius 3 is 2.38 bits per heavy atom. The highest BCUT2D eigenvalue weighted by molar-refractivity contribution is 7.89. The summed E-state index contributed by atoms with van der Waals surface area (Å²) < 4.78 is 26.8. The number of carbonyl (C=O) groups is 1. The maximum Gasteiger partial charge on any atom is 0.303 e. The zero-order chi connectivity index (χ0) is 15.5. The summed E-state index contributed by atoms with van der Waals surface area (Å²) in [5.41, 5.74) is -0.0822. The number of benzene rings is 1. The zero-order valence-electron chi connectivity index (χ0n) is 11.4. The van der Waals surface area contributed by atoms with Gasteiger partial charge in [0.15, 0.2) is 0 Å². The largest absolute Gasteiger partial charge is 0.481 e. The second-order valence-corrected chi connectivity index (χ2v) is 7.15. The molecule has 0 atom stereocenters. The Labute approximate surface area is 123 Å². The molecule has 0 aromatic heterocycles. The molecule has 2 rings (SSSR count). The van der Waals surface area contributed by atoms with Gasteiger partial charge in [-0.05, 0) is 42.5 Å². The summed E-state index contributed by atoms with van der Waals surface area (Å²) in [4.78, 5) is 10.9. The number of hydrogen-bond donors (Lipinski definition) is 2. The summed E-state index contributed by atoms with van der Waals surface area (Å²) in [6, 6.07) is 7.53. The average molecular weight is 308 g/mol. The standard InChI is InChI=1S/C14H16N2O4S/c15-9-11-2-4-12(5-3-11)21(19,20)16-10-14(6-1-7-14)8-13(17)18/h2-5,16H,1,6-8,10H2,(H,17,18). The number of aliphatic carboxylic acids is 1. The van der Waals surface area contributed by atoms with E-state index >= 15 is 0 Å². The van der Waals surface area contributed by atoms with E-state index in [1.165, 1.54) is 24.3 Å². The van der Waals surface area contributed by atoms with Crippen LogP contribution in [0.1, 0.15) is 31.2 Å². The van der Waals surface area contributed by atoms with Gasteiger partial charge in [0.2, 0.25) is 10.0 Å².